The molecule has 0 spiro atoms. The van der Waals surface area contributed by atoms with Crippen molar-refractivity contribution >= 4 is 28.5 Å². The lowest BCUT2D eigenvalue weighted by Crippen LogP contribution is -2.41. The monoisotopic (exact) mass is 360 g/mol. The van der Waals surface area contributed by atoms with Crippen LogP contribution in [0.2, 0.25) is 0 Å². The van der Waals surface area contributed by atoms with E-state index in [1.807, 2.05) is 4.68 Å². The molecule has 2 aromatic heterocycles. The van der Waals surface area contributed by atoms with E-state index in [1.165, 1.54) is 13.1 Å². The molecule has 140 valence electrons. The zero-order valence-electron chi connectivity index (χ0n) is 15.0. The summed E-state index contributed by atoms with van der Waals surface area (Å²) in [6.45, 7) is 5.54. The molecule has 0 aliphatic carbocycles. The molecule has 0 saturated carbocycles. The van der Waals surface area contributed by atoms with Gasteiger partial charge in [0.15, 0.2) is 5.65 Å². The Balaban J connectivity index is 1.97. The number of carbonyl (C=O) groups excluding carboxylic acids is 2. The molecule has 0 aromatic carbocycles. The first kappa shape index (κ1) is 18.1. The SMILES string of the molecule is CCCn1ncc2c(NC3CCOCC3)c(C(=O)NNC(C)=O)cnc21. The lowest BCUT2D eigenvalue weighted by molar-refractivity contribution is -0.119. The summed E-state index contributed by atoms with van der Waals surface area (Å²) in [5, 5.41) is 8.66. The Morgan fingerprint density at radius 2 is 2.04 bits per heavy atom. The molecule has 3 rings (SSSR count). The van der Waals surface area contributed by atoms with Gasteiger partial charge in [-0.1, -0.05) is 6.92 Å². The van der Waals surface area contributed by atoms with E-state index in [-0.39, 0.29) is 11.9 Å². The van der Waals surface area contributed by atoms with Crippen molar-refractivity contribution in [1.29, 1.82) is 0 Å². The van der Waals surface area contributed by atoms with Crippen molar-refractivity contribution < 1.29 is 14.3 Å². The maximum atomic E-state index is 12.5. The summed E-state index contributed by atoms with van der Waals surface area (Å²) in [6, 6.07) is 0.205. The number of aryl methyl sites for hydroxylation is 1. The molecule has 9 nitrogen and oxygen atoms in total. The van der Waals surface area contributed by atoms with Crippen molar-refractivity contribution in [3.8, 4) is 0 Å². The van der Waals surface area contributed by atoms with Crippen LogP contribution in [-0.2, 0) is 16.1 Å². The predicted molar refractivity (Wildman–Crippen MR) is 96.6 cm³/mol. The minimum atomic E-state index is -0.424. The maximum absolute atomic E-state index is 12.5. The van der Waals surface area contributed by atoms with Crippen molar-refractivity contribution in [2.45, 2.75) is 45.7 Å². The Morgan fingerprint density at radius 1 is 1.27 bits per heavy atom. The number of carbonyl (C=O) groups is 2. The average molecular weight is 360 g/mol. The molecule has 2 amide bonds. The fourth-order valence-electron chi connectivity index (χ4n) is 2.99. The van der Waals surface area contributed by atoms with Gasteiger partial charge in [-0.3, -0.25) is 20.4 Å². The van der Waals surface area contributed by atoms with Crippen LogP contribution in [0.15, 0.2) is 12.4 Å². The van der Waals surface area contributed by atoms with Crippen LogP contribution in [0.25, 0.3) is 11.0 Å². The Bertz CT molecular complexity index is 797. The Morgan fingerprint density at radius 3 is 2.73 bits per heavy atom. The summed E-state index contributed by atoms with van der Waals surface area (Å²) in [7, 11) is 0. The van der Waals surface area contributed by atoms with Gasteiger partial charge in [0, 0.05) is 38.9 Å². The molecule has 3 heterocycles. The number of fused-ring (bicyclic) bond motifs is 1. The van der Waals surface area contributed by atoms with E-state index >= 15 is 0 Å². The largest absolute Gasteiger partial charge is 0.381 e. The molecule has 3 N–H and O–H groups in total. The van der Waals surface area contributed by atoms with E-state index in [4.69, 9.17) is 4.74 Å². The first-order valence-electron chi connectivity index (χ1n) is 8.86. The van der Waals surface area contributed by atoms with Crippen LogP contribution in [-0.4, -0.2) is 45.8 Å². The highest BCUT2D eigenvalue weighted by Gasteiger charge is 2.22. The normalized spacial score (nSPS) is 15.0. The minimum Gasteiger partial charge on any atom is -0.381 e. The fraction of sp³-hybridized carbons (Fsp3) is 0.529. The third-order valence-corrected chi connectivity index (χ3v) is 4.27. The van der Waals surface area contributed by atoms with Crippen LogP contribution < -0.4 is 16.2 Å². The van der Waals surface area contributed by atoms with Gasteiger partial charge in [0.2, 0.25) is 5.91 Å². The minimum absolute atomic E-state index is 0.205. The summed E-state index contributed by atoms with van der Waals surface area (Å²) in [4.78, 5) is 28.0. The maximum Gasteiger partial charge on any atom is 0.273 e. The molecular weight excluding hydrogens is 336 g/mol. The first-order chi connectivity index (χ1) is 12.6. The van der Waals surface area contributed by atoms with E-state index in [9.17, 15) is 9.59 Å². The van der Waals surface area contributed by atoms with E-state index in [1.54, 1.807) is 6.20 Å². The molecule has 0 radical (unpaired) electrons. The topological polar surface area (TPSA) is 110 Å². The lowest BCUT2D eigenvalue weighted by atomic mass is 10.1. The first-order valence-corrected chi connectivity index (χ1v) is 8.86. The molecule has 1 aliphatic rings. The van der Waals surface area contributed by atoms with Gasteiger partial charge >= 0.3 is 0 Å². The summed E-state index contributed by atoms with van der Waals surface area (Å²) in [6.07, 6.45) is 5.91. The highest BCUT2D eigenvalue weighted by atomic mass is 16.5. The lowest BCUT2D eigenvalue weighted by Gasteiger charge is -2.25. The van der Waals surface area contributed by atoms with Crippen molar-refractivity contribution in [3.05, 3.63) is 18.0 Å². The number of rotatable bonds is 5. The number of aromatic nitrogens is 3. The van der Waals surface area contributed by atoms with Crippen LogP contribution in [0.4, 0.5) is 5.69 Å². The van der Waals surface area contributed by atoms with Crippen LogP contribution in [0.1, 0.15) is 43.5 Å². The second kappa shape index (κ2) is 8.13. The summed E-state index contributed by atoms with van der Waals surface area (Å²) < 4.78 is 7.24. The van der Waals surface area contributed by atoms with Gasteiger partial charge < -0.3 is 10.1 Å². The zero-order chi connectivity index (χ0) is 18.5. The van der Waals surface area contributed by atoms with Gasteiger partial charge in [-0.15, -0.1) is 0 Å². The van der Waals surface area contributed by atoms with Crippen LogP contribution in [0, 0.1) is 0 Å². The molecule has 1 aliphatic heterocycles. The molecule has 9 heteroatoms. The number of ether oxygens (including phenoxy) is 1. The number of hydrazine groups is 1. The molecule has 1 saturated heterocycles. The fourth-order valence-corrected chi connectivity index (χ4v) is 2.99. The van der Waals surface area contributed by atoms with Gasteiger partial charge in [-0.25, -0.2) is 9.67 Å². The van der Waals surface area contributed by atoms with E-state index in [2.05, 4.69) is 33.2 Å². The molecular formula is C17H24N6O3. The quantitative estimate of drug-likeness (QED) is 0.692. The van der Waals surface area contributed by atoms with Crippen molar-refractivity contribution in [3.63, 3.8) is 0 Å². The molecule has 26 heavy (non-hydrogen) atoms. The number of amides is 2. The number of nitrogens with zero attached hydrogens (tertiary/aromatic N) is 3. The molecule has 0 atom stereocenters. The molecule has 1 fully saturated rings. The zero-order valence-corrected chi connectivity index (χ0v) is 15.0. The van der Waals surface area contributed by atoms with Gasteiger partial charge in [0.25, 0.3) is 5.91 Å². The second-order valence-electron chi connectivity index (χ2n) is 6.32. The number of hydrogen-bond acceptors (Lipinski definition) is 6. The predicted octanol–water partition coefficient (Wildman–Crippen LogP) is 1.21. The summed E-state index contributed by atoms with van der Waals surface area (Å²) in [5.74, 6) is -0.769. The number of hydrogen-bond donors (Lipinski definition) is 3. The third kappa shape index (κ3) is 3.93. The molecule has 0 bridgehead atoms. The van der Waals surface area contributed by atoms with Gasteiger partial charge in [0.05, 0.1) is 22.8 Å². The highest BCUT2D eigenvalue weighted by Crippen LogP contribution is 2.28. The summed E-state index contributed by atoms with van der Waals surface area (Å²) >= 11 is 0. The highest BCUT2D eigenvalue weighted by molar-refractivity contribution is 6.06. The van der Waals surface area contributed by atoms with Gasteiger partial charge in [-0.2, -0.15) is 5.10 Å². The smallest absolute Gasteiger partial charge is 0.273 e. The molecule has 0 unspecified atom stereocenters. The van der Waals surface area contributed by atoms with Crippen molar-refractivity contribution in [1.82, 2.24) is 25.6 Å². The van der Waals surface area contributed by atoms with E-state index in [0.717, 1.165) is 36.8 Å². The number of anilines is 1. The number of nitrogens with one attached hydrogen (secondary N) is 3. The van der Waals surface area contributed by atoms with Gasteiger partial charge in [-0.05, 0) is 19.3 Å². The van der Waals surface area contributed by atoms with Crippen molar-refractivity contribution in [2.24, 2.45) is 0 Å². The Labute approximate surface area is 151 Å². The van der Waals surface area contributed by atoms with Crippen molar-refractivity contribution in [2.75, 3.05) is 18.5 Å². The Kier molecular flexibility index (Phi) is 5.67. The van der Waals surface area contributed by atoms with E-state index in [0.29, 0.717) is 24.5 Å². The van der Waals surface area contributed by atoms with E-state index < -0.39 is 5.91 Å². The average Bonchev–Trinajstić information content (AvgIpc) is 3.05. The van der Waals surface area contributed by atoms with Gasteiger partial charge in [0.1, 0.15) is 0 Å². The molecule has 2 aromatic rings. The standard InChI is InChI=1S/C17H24N6O3/c1-3-6-23-16-13(10-19-23)15(20-12-4-7-26-8-5-12)14(9-18-16)17(25)22-21-11(2)24/h9-10,12H,3-8H2,1-2H3,(H,18,20)(H,21,24)(H,22,25). The Hall–Kier alpha value is -2.68. The second-order valence-corrected chi connectivity index (χ2v) is 6.32. The van der Waals surface area contributed by atoms with Crippen LogP contribution in [0.5, 0.6) is 0 Å². The number of pyridine rings is 1. The van der Waals surface area contributed by atoms with Crippen LogP contribution in [0.3, 0.4) is 0 Å². The summed E-state index contributed by atoms with van der Waals surface area (Å²) in [5.41, 5.74) is 6.51. The third-order valence-electron chi connectivity index (χ3n) is 4.27. The van der Waals surface area contributed by atoms with Crippen LogP contribution >= 0.6 is 0 Å².